The standard InChI is InChI=1S/C18H19Cl2FN2/c1-4-23(3)11-22-18-10-15(19)14(9-16(18)20)8-13-5-6-17(21)12(2)7-13/h5-7,9-11H,4,8H2,1-3H3. The first-order valence-corrected chi connectivity index (χ1v) is 8.13. The summed E-state index contributed by atoms with van der Waals surface area (Å²) in [4.78, 5) is 6.29. The van der Waals surface area contributed by atoms with Crippen LogP contribution >= 0.6 is 23.2 Å². The summed E-state index contributed by atoms with van der Waals surface area (Å²) in [6, 6.07) is 8.63. The highest BCUT2D eigenvalue weighted by Gasteiger charge is 2.09. The fourth-order valence-corrected chi connectivity index (χ4v) is 2.55. The molecule has 0 aliphatic carbocycles. The summed E-state index contributed by atoms with van der Waals surface area (Å²) in [6.45, 7) is 4.64. The van der Waals surface area contributed by atoms with E-state index in [4.69, 9.17) is 23.2 Å². The molecule has 0 spiro atoms. The highest BCUT2D eigenvalue weighted by atomic mass is 35.5. The predicted octanol–water partition coefficient (Wildman–Crippen LogP) is 5.64. The summed E-state index contributed by atoms with van der Waals surface area (Å²) in [5.41, 5.74) is 3.14. The van der Waals surface area contributed by atoms with Gasteiger partial charge in [-0.25, -0.2) is 9.38 Å². The van der Waals surface area contributed by atoms with Crippen molar-refractivity contribution < 1.29 is 4.39 Å². The number of aryl methyl sites for hydroxylation is 1. The molecule has 2 aromatic rings. The highest BCUT2D eigenvalue weighted by Crippen LogP contribution is 2.32. The first kappa shape index (κ1) is 17.8. The molecule has 0 N–H and O–H groups in total. The summed E-state index contributed by atoms with van der Waals surface area (Å²) in [7, 11) is 1.93. The van der Waals surface area contributed by atoms with Crippen LogP contribution in [0.3, 0.4) is 0 Å². The predicted molar refractivity (Wildman–Crippen MR) is 96.9 cm³/mol. The molecule has 0 radical (unpaired) electrons. The molecule has 0 saturated heterocycles. The minimum atomic E-state index is -0.206. The lowest BCUT2D eigenvalue weighted by atomic mass is 10.0. The van der Waals surface area contributed by atoms with Gasteiger partial charge in [0.15, 0.2) is 0 Å². The van der Waals surface area contributed by atoms with Gasteiger partial charge in [-0.15, -0.1) is 0 Å². The van der Waals surface area contributed by atoms with Gasteiger partial charge in [0.25, 0.3) is 0 Å². The lowest BCUT2D eigenvalue weighted by Crippen LogP contribution is -2.14. The molecule has 23 heavy (non-hydrogen) atoms. The molecule has 0 aliphatic rings. The SMILES string of the molecule is CCN(C)C=Nc1cc(Cl)c(Cc2ccc(F)c(C)c2)cc1Cl. The van der Waals surface area contributed by atoms with E-state index in [2.05, 4.69) is 4.99 Å². The van der Waals surface area contributed by atoms with Gasteiger partial charge >= 0.3 is 0 Å². The van der Waals surface area contributed by atoms with Gasteiger partial charge < -0.3 is 4.90 Å². The van der Waals surface area contributed by atoms with E-state index in [1.165, 1.54) is 6.07 Å². The molecule has 0 atom stereocenters. The lowest BCUT2D eigenvalue weighted by molar-refractivity contribution is 0.552. The summed E-state index contributed by atoms with van der Waals surface area (Å²) in [5, 5.41) is 1.15. The van der Waals surface area contributed by atoms with E-state index in [1.807, 2.05) is 31.0 Å². The van der Waals surface area contributed by atoms with Gasteiger partial charge in [0.2, 0.25) is 0 Å². The van der Waals surface area contributed by atoms with Crippen LogP contribution in [0.25, 0.3) is 0 Å². The van der Waals surface area contributed by atoms with Crippen molar-refractivity contribution in [2.45, 2.75) is 20.3 Å². The molecule has 0 aliphatic heterocycles. The minimum Gasteiger partial charge on any atom is -0.366 e. The fourth-order valence-electron chi connectivity index (χ4n) is 2.09. The van der Waals surface area contributed by atoms with Crippen LogP contribution in [0.1, 0.15) is 23.6 Å². The molecule has 0 heterocycles. The number of aliphatic imine (C=N–C) groups is 1. The van der Waals surface area contributed by atoms with Crippen molar-refractivity contribution in [3.63, 3.8) is 0 Å². The van der Waals surface area contributed by atoms with E-state index >= 15 is 0 Å². The van der Waals surface area contributed by atoms with Gasteiger partial charge in [-0.1, -0.05) is 35.3 Å². The molecule has 5 heteroatoms. The average Bonchev–Trinajstić information content (AvgIpc) is 2.52. The second-order valence-corrected chi connectivity index (χ2v) is 6.29. The molecule has 122 valence electrons. The second-order valence-electron chi connectivity index (χ2n) is 5.47. The van der Waals surface area contributed by atoms with Gasteiger partial charge in [-0.05, 0) is 55.2 Å². The molecule has 2 rings (SSSR count). The Hall–Kier alpha value is -1.58. The van der Waals surface area contributed by atoms with Crippen molar-refractivity contribution in [3.05, 3.63) is 62.9 Å². The van der Waals surface area contributed by atoms with Crippen LogP contribution in [0, 0.1) is 12.7 Å². The second kappa shape index (κ2) is 7.80. The Morgan fingerprint density at radius 1 is 1.17 bits per heavy atom. The summed E-state index contributed by atoms with van der Waals surface area (Å²) in [6.07, 6.45) is 2.32. The van der Waals surface area contributed by atoms with Gasteiger partial charge in [0.1, 0.15) is 5.82 Å². The number of nitrogens with zero attached hydrogens (tertiary/aromatic N) is 2. The Morgan fingerprint density at radius 3 is 2.57 bits per heavy atom. The van der Waals surface area contributed by atoms with Crippen molar-refractivity contribution in [2.75, 3.05) is 13.6 Å². The highest BCUT2D eigenvalue weighted by molar-refractivity contribution is 6.35. The Bertz CT molecular complexity index is 729. The number of hydrogen-bond donors (Lipinski definition) is 0. The molecular weight excluding hydrogens is 334 g/mol. The van der Waals surface area contributed by atoms with Gasteiger partial charge in [-0.2, -0.15) is 0 Å². The van der Waals surface area contributed by atoms with Crippen LogP contribution in [0.2, 0.25) is 10.0 Å². The maximum absolute atomic E-state index is 13.3. The molecule has 0 bridgehead atoms. The normalized spacial score (nSPS) is 11.2. The van der Waals surface area contributed by atoms with Crippen LogP contribution < -0.4 is 0 Å². The van der Waals surface area contributed by atoms with Crippen LogP contribution in [-0.4, -0.2) is 24.8 Å². The molecule has 0 saturated carbocycles. The molecular formula is C18H19Cl2FN2. The van der Waals surface area contributed by atoms with Crippen molar-refractivity contribution >= 4 is 35.2 Å². The average molecular weight is 353 g/mol. The number of hydrogen-bond acceptors (Lipinski definition) is 1. The van der Waals surface area contributed by atoms with Crippen LogP contribution in [0.15, 0.2) is 35.3 Å². The molecule has 0 aromatic heterocycles. The quantitative estimate of drug-likeness (QED) is 0.501. The Morgan fingerprint density at radius 2 is 1.91 bits per heavy atom. The Kier molecular flexibility index (Phi) is 6.03. The van der Waals surface area contributed by atoms with Gasteiger partial charge in [0.05, 0.1) is 17.0 Å². The van der Waals surface area contributed by atoms with E-state index in [1.54, 1.807) is 25.4 Å². The smallest absolute Gasteiger partial charge is 0.126 e. The number of halogens is 3. The van der Waals surface area contributed by atoms with E-state index in [-0.39, 0.29) is 5.82 Å². The molecule has 2 aromatic carbocycles. The maximum Gasteiger partial charge on any atom is 0.126 e. The Labute approximate surface area is 146 Å². The topological polar surface area (TPSA) is 15.6 Å². The summed E-state index contributed by atoms with van der Waals surface area (Å²) in [5.74, 6) is -0.206. The van der Waals surface area contributed by atoms with Crippen LogP contribution in [0.5, 0.6) is 0 Å². The van der Waals surface area contributed by atoms with E-state index in [0.717, 1.165) is 17.7 Å². The molecule has 0 fully saturated rings. The van der Waals surface area contributed by atoms with Crippen molar-refractivity contribution in [2.24, 2.45) is 4.99 Å². The largest absolute Gasteiger partial charge is 0.366 e. The first-order valence-electron chi connectivity index (χ1n) is 7.38. The molecule has 2 nitrogen and oxygen atoms in total. The first-order chi connectivity index (χ1) is 10.9. The zero-order chi connectivity index (χ0) is 17.0. The van der Waals surface area contributed by atoms with Gasteiger partial charge in [0, 0.05) is 18.6 Å². The lowest BCUT2D eigenvalue weighted by Gasteiger charge is -2.11. The Balaban J connectivity index is 2.25. The van der Waals surface area contributed by atoms with Gasteiger partial charge in [-0.3, -0.25) is 0 Å². The number of benzene rings is 2. The van der Waals surface area contributed by atoms with E-state index in [9.17, 15) is 4.39 Å². The monoisotopic (exact) mass is 352 g/mol. The van der Waals surface area contributed by atoms with E-state index in [0.29, 0.717) is 27.7 Å². The number of rotatable bonds is 5. The molecule has 0 unspecified atom stereocenters. The minimum absolute atomic E-state index is 0.206. The van der Waals surface area contributed by atoms with Crippen LogP contribution in [0.4, 0.5) is 10.1 Å². The van der Waals surface area contributed by atoms with Crippen molar-refractivity contribution in [1.82, 2.24) is 4.90 Å². The molecule has 0 amide bonds. The third-order valence-electron chi connectivity index (χ3n) is 3.63. The zero-order valence-electron chi connectivity index (χ0n) is 13.4. The fraction of sp³-hybridized carbons (Fsp3) is 0.278. The maximum atomic E-state index is 13.3. The van der Waals surface area contributed by atoms with Crippen molar-refractivity contribution in [3.8, 4) is 0 Å². The third-order valence-corrected chi connectivity index (χ3v) is 4.28. The summed E-state index contributed by atoms with van der Waals surface area (Å²) < 4.78 is 13.3. The zero-order valence-corrected chi connectivity index (χ0v) is 14.9. The third kappa shape index (κ3) is 4.69. The van der Waals surface area contributed by atoms with Crippen LogP contribution in [-0.2, 0) is 6.42 Å². The van der Waals surface area contributed by atoms with E-state index < -0.39 is 0 Å². The van der Waals surface area contributed by atoms with Crippen molar-refractivity contribution in [1.29, 1.82) is 0 Å². The summed E-state index contributed by atoms with van der Waals surface area (Å²) >= 11 is 12.7.